The zero-order valence-corrected chi connectivity index (χ0v) is 14.9. The third-order valence-corrected chi connectivity index (χ3v) is 4.38. The molecule has 1 aliphatic heterocycles. The van der Waals surface area contributed by atoms with Gasteiger partial charge in [0.25, 0.3) is 0 Å². The number of carbonyl (C=O) groups excluding carboxylic acids is 1. The average molecular weight is 353 g/mol. The van der Waals surface area contributed by atoms with Crippen molar-refractivity contribution in [3.63, 3.8) is 0 Å². The van der Waals surface area contributed by atoms with Gasteiger partial charge in [0.1, 0.15) is 17.5 Å². The molecule has 2 aromatic rings. The van der Waals surface area contributed by atoms with Crippen molar-refractivity contribution < 1.29 is 20.0 Å². The van der Waals surface area contributed by atoms with Crippen LogP contribution in [0.15, 0.2) is 59.7 Å². The fourth-order valence-electron chi connectivity index (χ4n) is 2.92. The van der Waals surface area contributed by atoms with E-state index in [4.69, 9.17) is 4.74 Å². The minimum atomic E-state index is -1.04. The molecule has 0 aliphatic carbocycles. The van der Waals surface area contributed by atoms with Crippen LogP contribution in [0.2, 0.25) is 0 Å². The van der Waals surface area contributed by atoms with E-state index in [1.165, 1.54) is 0 Å². The van der Waals surface area contributed by atoms with Crippen LogP contribution in [0.4, 0.5) is 0 Å². The molecule has 0 bridgehead atoms. The number of rotatable bonds is 7. The molecule has 136 valence electrons. The SMILES string of the molecule is CC(C)[C@@H]([NH2+][C@H]1CC(c2ccc(Oc3ccccc3)cc2)=NN1)C(=O)[O-]. The highest BCUT2D eigenvalue weighted by molar-refractivity contribution is 6.01. The highest BCUT2D eigenvalue weighted by Crippen LogP contribution is 2.22. The van der Waals surface area contributed by atoms with Gasteiger partial charge in [0.15, 0.2) is 6.17 Å². The van der Waals surface area contributed by atoms with Gasteiger partial charge in [0.2, 0.25) is 0 Å². The smallest absolute Gasteiger partial charge is 0.180 e. The molecule has 0 radical (unpaired) electrons. The summed E-state index contributed by atoms with van der Waals surface area (Å²) in [6, 6.07) is 16.7. The van der Waals surface area contributed by atoms with E-state index in [2.05, 4.69) is 10.5 Å². The minimum Gasteiger partial charge on any atom is -0.544 e. The maximum Gasteiger partial charge on any atom is 0.180 e. The van der Waals surface area contributed by atoms with Gasteiger partial charge in [-0.25, -0.2) is 0 Å². The molecular formula is C20H23N3O3. The van der Waals surface area contributed by atoms with Crippen LogP contribution in [0.3, 0.4) is 0 Å². The molecule has 26 heavy (non-hydrogen) atoms. The lowest BCUT2D eigenvalue weighted by Gasteiger charge is -2.23. The molecular weight excluding hydrogens is 330 g/mol. The Balaban J connectivity index is 1.59. The number of benzene rings is 2. The number of para-hydroxylation sites is 1. The summed E-state index contributed by atoms with van der Waals surface area (Å²) >= 11 is 0. The molecule has 0 unspecified atom stereocenters. The first-order chi connectivity index (χ1) is 12.5. The van der Waals surface area contributed by atoms with Gasteiger partial charge in [0.05, 0.1) is 18.1 Å². The number of quaternary nitrogens is 1. The molecule has 6 nitrogen and oxygen atoms in total. The molecule has 0 amide bonds. The summed E-state index contributed by atoms with van der Waals surface area (Å²) in [5, 5.41) is 17.4. The van der Waals surface area contributed by atoms with E-state index in [0.717, 1.165) is 22.8 Å². The summed E-state index contributed by atoms with van der Waals surface area (Å²) in [5.74, 6) is 0.487. The highest BCUT2D eigenvalue weighted by atomic mass is 16.5. The van der Waals surface area contributed by atoms with Crippen molar-refractivity contribution in [2.24, 2.45) is 11.0 Å². The lowest BCUT2D eigenvalue weighted by Crippen LogP contribution is -3.00. The molecule has 0 aromatic heterocycles. The average Bonchev–Trinajstić information content (AvgIpc) is 3.09. The number of hydrazone groups is 1. The van der Waals surface area contributed by atoms with Crippen LogP contribution in [0.5, 0.6) is 11.5 Å². The normalized spacial score (nSPS) is 17.5. The monoisotopic (exact) mass is 353 g/mol. The number of ether oxygens (including phenoxy) is 1. The largest absolute Gasteiger partial charge is 0.544 e. The molecule has 3 N–H and O–H groups in total. The third-order valence-electron chi connectivity index (χ3n) is 4.38. The quantitative estimate of drug-likeness (QED) is 0.772. The first kappa shape index (κ1) is 17.9. The van der Waals surface area contributed by atoms with Crippen LogP contribution in [-0.4, -0.2) is 23.9 Å². The standard InChI is InChI=1S/C20H23N3O3/c1-13(2)19(20(24)25)21-18-12-17(22-23-18)14-8-10-16(11-9-14)26-15-6-4-3-5-7-15/h3-11,13,18-19,21,23H,12H2,1-2H3,(H,24,25)/t18-,19-/m1/s1. The molecule has 6 heteroatoms. The molecule has 2 aromatic carbocycles. The lowest BCUT2D eigenvalue weighted by molar-refractivity contribution is -0.723. The molecule has 0 saturated heterocycles. The molecule has 1 heterocycles. The van der Waals surface area contributed by atoms with Gasteiger partial charge in [-0.1, -0.05) is 32.0 Å². The predicted molar refractivity (Wildman–Crippen MR) is 96.6 cm³/mol. The van der Waals surface area contributed by atoms with E-state index < -0.39 is 12.0 Å². The summed E-state index contributed by atoms with van der Waals surface area (Å²) in [5.41, 5.74) is 4.90. The Bertz CT molecular complexity index is 773. The van der Waals surface area contributed by atoms with Crippen LogP contribution in [-0.2, 0) is 4.79 Å². The number of carbonyl (C=O) groups is 1. The summed E-state index contributed by atoms with van der Waals surface area (Å²) in [7, 11) is 0. The predicted octanol–water partition coefficient (Wildman–Crippen LogP) is 0.840. The van der Waals surface area contributed by atoms with Crippen molar-refractivity contribution in [3.8, 4) is 11.5 Å². The second-order valence-corrected chi connectivity index (χ2v) is 6.72. The maximum atomic E-state index is 11.2. The second-order valence-electron chi connectivity index (χ2n) is 6.72. The molecule has 0 spiro atoms. The Kier molecular flexibility index (Phi) is 5.53. The summed E-state index contributed by atoms with van der Waals surface area (Å²) in [6.07, 6.45) is 0.547. The highest BCUT2D eigenvalue weighted by Gasteiger charge is 2.28. The zero-order valence-electron chi connectivity index (χ0n) is 14.9. The number of aliphatic carboxylic acids is 1. The Labute approximate surface area is 152 Å². The van der Waals surface area contributed by atoms with Crippen molar-refractivity contribution in [3.05, 3.63) is 60.2 Å². The van der Waals surface area contributed by atoms with Gasteiger partial charge in [0, 0.05) is 5.92 Å². The maximum absolute atomic E-state index is 11.2. The minimum absolute atomic E-state index is 0.0136. The van der Waals surface area contributed by atoms with Crippen molar-refractivity contribution in [2.75, 3.05) is 0 Å². The van der Waals surface area contributed by atoms with E-state index in [9.17, 15) is 9.90 Å². The van der Waals surface area contributed by atoms with Crippen molar-refractivity contribution in [1.29, 1.82) is 0 Å². The van der Waals surface area contributed by atoms with Crippen LogP contribution in [0.1, 0.15) is 25.8 Å². The molecule has 3 rings (SSSR count). The summed E-state index contributed by atoms with van der Waals surface area (Å²) < 4.78 is 5.79. The van der Waals surface area contributed by atoms with Gasteiger partial charge in [-0.3, -0.25) is 5.43 Å². The number of hydrogen-bond acceptors (Lipinski definition) is 5. The molecule has 0 saturated carbocycles. The van der Waals surface area contributed by atoms with Crippen molar-refractivity contribution in [2.45, 2.75) is 32.5 Å². The topological polar surface area (TPSA) is 90.4 Å². The number of carboxylic acid groups (broad SMARTS) is 1. The first-order valence-electron chi connectivity index (χ1n) is 8.74. The van der Waals surface area contributed by atoms with Crippen LogP contribution >= 0.6 is 0 Å². The molecule has 0 fully saturated rings. The van der Waals surface area contributed by atoms with Crippen LogP contribution in [0, 0.1) is 5.92 Å². The van der Waals surface area contributed by atoms with Gasteiger partial charge in [-0.15, -0.1) is 0 Å². The fourth-order valence-corrected chi connectivity index (χ4v) is 2.92. The van der Waals surface area contributed by atoms with E-state index in [-0.39, 0.29) is 12.1 Å². The number of hydrogen-bond donors (Lipinski definition) is 2. The Morgan fingerprint density at radius 2 is 1.81 bits per heavy atom. The van der Waals surface area contributed by atoms with Crippen LogP contribution in [0.25, 0.3) is 0 Å². The van der Waals surface area contributed by atoms with E-state index in [1.807, 2.05) is 68.4 Å². The summed E-state index contributed by atoms with van der Waals surface area (Å²) in [6.45, 7) is 3.75. The lowest BCUT2D eigenvalue weighted by atomic mass is 10.0. The van der Waals surface area contributed by atoms with Crippen molar-refractivity contribution >= 4 is 11.7 Å². The Morgan fingerprint density at radius 3 is 2.42 bits per heavy atom. The number of nitrogens with zero attached hydrogens (tertiary/aromatic N) is 1. The number of nitrogens with two attached hydrogens (primary N) is 1. The Morgan fingerprint density at radius 1 is 1.15 bits per heavy atom. The Hall–Kier alpha value is -2.86. The van der Waals surface area contributed by atoms with E-state index in [0.29, 0.717) is 6.42 Å². The summed E-state index contributed by atoms with van der Waals surface area (Å²) in [4.78, 5) is 11.2. The fraction of sp³-hybridized carbons (Fsp3) is 0.300. The van der Waals surface area contributed by atoms with Gasteiger partial charge in [-0.05, 0) is 42.0 Å². The molecule has 2 atom stereocenters. The number of carboxylic acids is 1. The second kappa shape index (κ2) is 8.01. The number of nitrogens with one attached hydrogen (secondary N) is 1. The van der Waals surface area contributed by atoms with Gasteiger partial charge in [-0.2, -0.15) is 5.10 Å². The first-order valence-corrected chi connectivity index (χ1v) is 8.74. The zero-order chi connectivity index (χ0) is 18.5. The molecule has 1 aliphatic rings. The van der Waals surface area contributed by atoms with Crippen LogP contribution < -0.4 is 20.6 Å². The third kappa shape index (κ3) is 4.40. The van der Waals surface area contributed by atoms with E-state index >= 15 is 0 Å². The van der Waals surface area contributed by atoms with Gasteiger partial charge >= 0.3 is 0 Å². The van der Waals surface area contributed by atoms with Gasteiger partial charge < -0.3 is 20.0 Å². The van der Waals surface area contributed by atoms with E-state index in [1.54, 1.807) is 5.32 Å². The van der Waals surface area contributed by atoms with Crippen molar-refractivity contribution in [1.82, 2.24) is 5.43 Å².